The van der Waals surface area contributed by atoms with E-state index in [-0.39, 0.29) is 24.1 Å². The molecule has 3 aromatic carbocycles. The van der Waals surface area contributed by atoms with Crippen molar-refractivity contribution in [1.29, 1.82) is 0 Å². The molecule has 5 nitrogen and oxygen atoms in total. The molecule has 0 amide bonds. The van der Waals surface area contributed by atoms with Gasteiger partial charge in [-0.2, -0.15) is 0 Å². The van der Waals surface area contributed by atoms with Gasteiger partial charge in [0.15, 0.2) is 0 Å². The first-order chi connectivity index (χ1) is 18.5. The normalized spacial score (nSPS) is 14.3. The Morgan fingerprint density at radius 3 is 2.21 bits per heavy atom. The van der Waals surface area contributed by atoms with Crippen LogP contribution in [0.1, 0.15) is 42.9 Å². The number of hydrogen-bond acceptors (Lipinski definition) is 5. The number of carbonyl (C=O) groups is 1. The molecule has 0 N–H and O–H groups in total. The van der Waals surface area contributed by atoms with E-state index < -0.39 is 0 Å². The first-order valence-corrected chi connectivity index (χ1v) is 13.2. The summed E-state index contributed by atoms with van der Waals surface area (Å²) in [4.78, 5) is 16.7. The van der Waals surface area contributed by atoms with E-state index in [4.69, 9.17) is 9.47 Å². The second kappa shape index (κ2) is 13.6. The summed E-state index contributed by atoms with van der Waals surface area (Å²) in [5, 5.41) is 0. The van der Waals surface area contributed by atoms with E-state index in [9.17, 15) is 9.18 Å². The minimum absolute atomic E-state index is 0.188. The Morgan fingerprint density at radius 1 is 0.921 bits per heavy atom. The third-order valence-electron chi connectivity index (χ3n) is 6.68. The van der Waals surface area contributed by atoms with Gasteiger partial charge < -0.3 is 14.4 Å². The largest absolute Gasteiger partial charge is 0.489 e. The number of nitrogens with zero attached hydrogens (tertiary/aromatic N) is 2. The summed E-state index contributed by atoms with van der Waals surface area (Å²) in [5.74, 6) is 6.16. The van der Waals surface area contributed by atoms with Gasteiger partial charge in [0.2, 0.25) is 0 Å². The second-order valence-corrected chi connectivity index (χ2v) is 9.37. The van der Waals surface area contributed by atoms with Crippen molar-refractivity contribution in [3.63, 3.8) is 0 Å². The Balaban J connectivity index is 1.23. The van der Waals surface area contributed by atoms with E-state index in [1.54, 1.807) is 13.8 Å². The van der Waals surface area contributed by atoms with Gasteiger partial charge in [0.25, 0.3) is 0 Å². The summed E-state index contributed by atoms with van der Waals surface area (Å²) >= 11 is 0. The predicted octanol–water partition coefficient (Wildman–Crippen LogP) is 5.79. The molecule has 0 aromatic heterocycles. The Hall–Kier alpha value is -3.82. The Kier molecular flexibility index (Phi) is 9.77. The molecule has 1 saturated heterocycles. The van der Waals surface area contributed by atoms with E-state index in [0.29, 0.717) is 13.2 Å². The predicted molar refractivity (Wildman–Crippen MR) is 149 cm³/mol. The Morgan fingerprint density at radius 2 is 1.58 bits per heavy atom. The Labute approximate surface area is 225 Å². The van der Waals surface area contributed by atoms with Crippen LogP contribution in [0.2, 0.25) is 0 Å². The van der Waals surface area contributed by atoms with Crippen molar-refractivity contribution in [3.8, 4) is 17.6 Å². The molecule has 3 aromatic rings. The Bertz CT molecular complexity index is 1220. The van der Waals surface area contributed by atoms with Crippen molar-refractivity contribution >= 4 is 11.7 Å². The fourth-order valence-corrected chi connectivity index (χ4v) is 4.59. The highest BCUT2D eigenvalue weighted by atomic mass is 19.1. The van der Waals surface area contributed by atoms with Crippen LogP contribution < -0.4 is 9.64 Å². The standard InChI is InChI=1S/C32H35FN2O3/c1-3-5-28(22-32(36)37-4-2)27-10-16-31(17-11-27)38-24-26-8-6-25(7-9-26)23-34-18-20-35(21-19-34)30-14-12-29(33)13-15-30/h6-17,28H,4,18-24H2,1-2H3/t28-/m0/s1. The highest BCUT2D eigenvalue weighted by Crippen LogP contribution is 2.23. The van der Waals surface area contributed by atoms with Crippen molar-refractivity contribution in [2.45, 2.75) is 39.3 Å². The van der Waals surface area contributed by atoms with Gasteiger partial charge in [-0.15, -0.1) is 5.92 Å². The molecule has 1 heterocycles. The third kappa shape index (κ3) is 7.84. The van der Waals surface area contributed by atoms with E-state index in [1.165, 1.54) is 17.7 Å². The summed E-state index contributed by atoms with van der Waals surface area (Å²) in [5.41, 5.74) is 4.44. The summed E-state index contributed by atoms with van der Waals surface area (Å²) in [6, 6.07) is 23.1. The molecule has 1 aliphatic rings. The van der Waals surface area contributed by atoms with Gasteiger partial charge in [-0.05, 0) is 66.9 Å². The lowest BCUT2D eigenvalue weighted by Crippen LogP contribution is -2.45. The van der Waals surface area contributed by atoms with Crippen LogP contribution in [-0.2, 0) is 22.7 Å². The molecule has 0 spiro atoms. The smallest absolute Gasteiger partial charge is 0.307 e. The van der Waals surface area contributed by atoms with E-state index in [2.05, 4.69) is 45.9 Å². The monoisotopic (exact) mass is 514 g/mol. The summed E-state index contributed by atoms with van der Waals surface area (Å²) in [6.45, 7) is 9.16. The van der Waals surface area contributed by atoms with E-state index >= 15 is 0 Å². The van der Waals surface area contributed by atoms with Gasteiger partial charge >= 0.3 is 5.97 Å². The maximum atomic E-state index is 13.2. The average Bonchev–Trinajstić information content (AvgIpc) is 2.94. The quantitative estimate of drug-likeness (QED) is 0.253. The molecular formula is C32H35FN2O3. The third-order valence-corrected chi connectivity index (χ3v) is 6.68. The molecule has 0 saturated carbocycles. The molecule has 198 valence electrons. The topological polar surface area (TPSA) is 42.0 Å². The fourth-order valence-electron chi connectivity index (χ4n) is 4.59. The number of benzene rings is 3. The van der Waals surface area contributed by atoms with Crippen LogP contribution in [0.5, 0.6) is 5.75 Å². The average molecular weight is 515 g/mol. The number of carbonyl (C=O) groups excluding carboxylic acids is 1. The van der Waals surface area contributed by atoms with Crippen LogP contribution in [0.15, 0.2) is 72.8 Å². The number of hydrogen-bond donors (Lipinski definition) is 0. The van der Waals surface area contributed by atoms with Crippen LogP contribution in [0.3, 0.4) is 0 Å². The van der Waals surface area contributed by atoms with Gasteiger partial charge in [0.1, 0.15) is 18.2 Å². The molecule has 1 atom stereocenters. The van der Waals surface area contributed by atoms with Crippen molar-refractivity contribution in [1.82, 2.24) is 4.90 Å². The number of rotatable bonds is 10. The molecule has 38 heavy (non-hydrogen) atoms. The first kappa shape index (κ1) is 27.2. The van der Waals surface area contributed by atoms with E-state index in [0.717, 1.165) is 55.3 Å². The van der Waals surface area contributed by atoms with Crippen LogP contribution in [0.25, 0.3) is 0 Å². The SMILES string of the molecule is CC#C[C@@H](CC(=O)OCC)c1ccc(OCc2ccc(CN3CCN(c4ccc(F)cc4)CC3)cc2)cc1. The number of esters is 1. The van der Waals surface area contributed by atoms with Crippen molar-refractivity contribution in [2.24, 2.45) is 0 Å². The van der Waals surface area contributed by atoms with Crippen molar-refractivity contribution in [3.05, 3.63) is 95.3 Å². The summed E-state index contributed by atoms with van der Waals surface area (Å²) < 4.78 is 24.3. The minimum Gasteiger partial charge on any atom is -0.489 e. The van der Waals surface area contributed by atoms with Crippen LogP contribution >= 0.6 is 0 Å². The molecule has 0 radical (unpaired) electrons. The van der Waals surface area contributed by atoms with Gasteiger partial charge in [0.05, 0.1) is 18.9 Å². The summed E-state index contributed by atoms with van der Waals surface area (Å²) in [7, 11) is 0. The molecule has 1 fully saturated rings. The lowest BCUT2D eigenvalue weighted by atomic mass is 9.96. The zero-order valence-corrected chi connectivity index (χ0v) is 22.2. The zero-order chi connectivity index (χ0) is 26.7. The highest BCUT2D eigenvalue weighted by molar-refractivity contribution is 5.71. The molecule has 0 bridgehead atoms. The maximum Gasteiger partial charge on any atom is 0.307 e. The van der Waals surface area contributed by atoms with Crippen LogP contribution in [0, 0.1) is 17.7 Å². The molecular weight excluding hydrogens is 479 g/mol. The number of ether oxygens (including phenoxy) is 2. The number of anilines is 1. The van der Waals surface area contributed by atoms with Crippen molar-refractivity contribution < 1.29 is 18.7 Å². The second-order valence-electron chi connectivity index (χ2n) is 9.37. The van der Waals surface area contributed by atoms with Gasteiger partial charge in [-0.3, -0.25) is 9.69 Å². The molecule has 4 rings (SSSR count). The lowest BCUT2D eigenvalue weighted by molar-refractivity contribution is -0.143. The molecule has 1 aliphatic heterocycles. The fraction of sp³-hybridized carbons (Fsp3) is 0.344. The number of halogens is 1. The van der Waals surface area contributed by atoms with Crippen LogP contribution in [-0.4, -0.2) is 43.7 Å². The van der Waals surface area contributed by atoms with Gasteiger partial charge in [-0.1, -0.05) is 42.3 Å². The number of piperazine rings is 1. The maximum absolute atomic E-state index is 13.2. The summed E-state index contributed by atoms with van der Waals surface area (Å²) in [6.07, 6.45) is 0.241. The van der Waals surface area contributed by atoms with Crippen molar-refractivity contribution in [2.75, 3.05) is 37.7 Å². The highest BCUT2D eigenvalue weighted by Gasteiger charge is 2.18. The zero-order valence-electron chi connectivity index (χ0n) is 22.2. The molecule has 6 heteroatoms. The van der Waals surface area contributed by atoms with E-state index in [1.807, 2.05) is 36.4 Å². The van der Waals surface area contributed by atoms with Gasteiger partial charge in [-0.25, -0.2) is 4.39 Å². The van der Waals surface area contributed by atoms with Crippen LogP contribution in [0.4, 0.5) is 10.1 Å². The van der Waals surface area contributed by atoms with Gasteiger partial charge in [0, 0.05) is 38.4 Å². The molecule has 0 unspecified atom stereocenters. The lowest BCUT2D eigenvalue weighted by Gasteiger charge is -2.36. The minimum atomic E-state index is -0.240. The first-order valence-electron chi connectivity index (χ1n) is 13.2. The molecule has 0 aliphatic carbocycles.